The summed E-state index contributed by atoms with van der Waals surface area (Å²) in [5.74, 6) is 0.944. The van der Waals surface area contributed by atoms with Gasteiger partial charge in [-0.25, -0.2) is 0 Å². The van der Waals surface area contributed by atoms with E-state index in [1.807, 2.05) is 11.8 Å². The Bertz CT molecular complexity index is 105. The third-order valence-electron chi connectivity index (χ3n) is 2.46. The van der Waals surface area contributed by atoms with Crippen molar-refractivity contribution in [2.75, 3.05) is 26.4 Å². The molecule has 0 amide bonds. The van der Waals surface area contributed by atoms with E-state index in [0.717, 1.165) is 11.2 Å². The molecule has 1 aliphatic rings. The first kappa shape index (κ1) is 8.41. The molecule has 1 aliphatic heterocycles. The molecule has 10 heavy (non-hydrogen) atoms. The Morgan fingerprint density at radius 1 is 1.60 bits per heavy atom. The monoisotopic (exact) mass is 159 g/mol. The molecular formula is C8H17NS. The fourth-order valence-corrected chi connectivity index (χ4v) is 2.15. The highest BCUT2D eigenvalue weighted by atomic mass is 32.2. The summed E-state index contributed by atoms with van der Waals surface area (Å²) in [7, 11) is 2.22. The number of likely N-dealkylation sites (tertiary alicyclic amines) is 1. The van der Waals surface area contributed by atoms with Crippen molar-refractivity contribution in [3.05, 3.63) is 0 Å². The minimum Gasteiger partial charge on any atom is -0.306 e. The van der Waals surface area contributed by atoms with Crippen molar-refractivity contribution in [2.24, 2.45) is 5.92 Å². The highest BCUT2D eigenvalue weighted by Crippen LogP contribution is 2.24. The zero-order valence-electron chi connectivity index (χ0n) is 7.13. The molecule has 0 radical (unpaired) electrons. The van der Waals surface area contributed by atoms with Gasteiger partial charge in [-0.1, -0.05) is 6.92 Å². The van der Waals surface area contributed by atoms with E-state index in [1.165, 1.54) is 19.5 Å². The molecule has 1 saturated heterocycles. The number of hydrogen-bond donors (Lipinski definition) is 0. The highest BCUT2D eigenvalue weighted by Gasteiger charge is 2.23. The molecule has 2 heteroatoms. The van der Waals surface area contributed by atoms with Crippen LogP contribution in [-0.4, -0.2) is 36.5 Å². The van der Waals surface area contributed by atoms with Crippen LogP contribution >= 0.6 is 11.8 Å². The van der Waals surface area contributed by atoms with E-state index in [-0.39, 0.29) is 0 Å². The van der Waals surface area contributed by atoms with Gasteiger partial charge < -0.3 is 4.90 Å². The normalized spacial score (nSPS) is 30.9. The van der Waals surface area contributed by atoms with Crippen LogP contribution in [0.3, 0.4) is 0 Å². The average Bonchev–Trinajstić information content (AvgIpc) is 2.34. The van der Waals surface area contributed by atoms with Crippen LogP contribution in [0.4, 0.5) is 0 Å². The molecular weight excluding hydrogens is 142 g/mol. The largest absolute Gasteiger partial charge is 0.306 e. The van der Waals surface area contributed by atoms with Gasteiger partial charge in [-0.15, -0.1) is 0 Å². The smallest absolute Gasteiger partial charge is 0.00568 e. The zero-order chi connectivity index (χ0) is 7.56. The fraction of sp³-hybridized carbons (Fsp3) is 1.00. The van der Waals surface area contributed by atoms with Crippen LogP contribution < -0.4 is 0 Å². The maximum atomic E-state index is 2.43. The molecule has 0 aromatic carbocycles. The highest BCUT2D eigenvalue weighted by molar-refractivity contribution is 7.99. The molecule has 1 heterocycles. The molecule has 60 valence electrons. The molecule has 0 spiro atoms. The van der Waals surface area contributed by atoms with Gasteiger partial charge in [0, 0.05) is 11.8 Å². The van der Waals surface area contributed by atoms with E-state index in [0.29, 0.717) is 0 Å². The molecule has 2 unspecified atom stereocenters. The van der Waals surface area contributed by atoms with Gasteiger partial charge in [0.1, 0.15) is 0 Å². The average molecular weight is 159 g/mol. The first-order valence-corrected chi connectivity index (χ1v) is 5.24. The summed E-state index contributed by atoms with van der Waals surface area (Å²) in [6.45, 7) is 4.95. The Morgan fingerprint density at radius 3 is 2.70 bits per heavy atom. The quantitative estimate of drug-likeness (QED) is 0.603. The second-order valence-corrected chi connectivity index (χ2v) is 4.47. The SMILES string of the molecule is CSC(C)C1CCN(C)C1. The predicted octanol–water partition coefficient (Wildman–Crippen LogP) is 1.69. The van der Waals surface area contributed by atoms with Crippen LogP contribution in [0.2, 0.25) is 0 Å². The lowest BCUT2D eigenvalue weighted by atomic mass is 10.1. The lowest BCUT2D eigenvalue weighted by Gasteiger charge is -2.15. The lowest BCUT2D eigenvalue weighted by molar-refractivity contribution is 0.394. The first-order chi connectivity index (χ1) is 4.74. The van der Waals surface area contributed by atoms with Gasteiger partial charge in [-0.05, 0) is 32.2 Å². The summed E-state index contributed by atoms with van der Waals surface area (Å²) in [6.07, 6.45) is 3.61. The van der Waals surface area contributed by atoms with E-state index >= 15 is 0 Å². The van der Waals surface area contributed by atoms with E-state index in [2.05, 4.69) is 25.1 Å². The molecule has 0 saturated carbocycles. The first-order valence-electron chi connectivity index (χ1n) is 3.95. The van der Waals surface area contributed by atoms with Gasteiger partial charge in [0.05, 0.1) is 0 Å². The van der Waals surface area contributed by atoms with Crippen LogP contribution in [0, 0.1) is 5.92 Å². The van der Waals surface area contributed by atoms with Gasteiger partial charge >= 0.3 is 0 Å². The van der Waals surface area contributed by atoms with Crippen LogP contribution in [0.15, 0.2) is 0 Å². The third kappa shape index (κ3) is 1.89. The van der Waals surface area contributed by atoms with E-state index < -0.39 is 0 Å². The standard InChI is InChI=1S/C8H17NS/c1-7(10-3)8-4-5-9(2)6-8/h7-8H,4-6H2,1-3H3. The molecule has 2 atom stereocenters. The van der Waals surface area contributed by atoms with Gasteiger partial charge in [-0.3, -0.25) is 0 Å². The number of rotatable bonds is 2. The Balaban J connectivity index is 2.29. The van der Waals surface area contributed by atoms with Crippen molar-refractivity contribution in [1.29, 1.82) is 0 Å². The fourth-order valence-electron chi connectivity index (χ4n) is 1.54. The van der Waals surface area contributed by atoms with Crippen molar-refractivity contribution in [3.63, 3.8) is 0 Å². The van der Waals surface area contributed by atoms with Gasteiger partial charge in [0.15, 0.2) is 0 Å². The maximum Gasteiger partial charge on any atom is 0.00568 e. The summed E-state index contributed by atoms with van der Waals surface area (Å²) < 4.78 is 0. The number of nitrogens with zero attached hydrogens (tertiary/aromatic N) is 1. The van der Waals surface area contributed by atoms with Crippen molar-refractivity contribution in [3.8, 4) is 0 Å². The van der Waals surface area contributed by atoms with Gasteiger partial charge in [0.2, 0.25) is 0 Å². The lowest BCUT2D eigenvalue weighted by Crippen LogP contribution is -2.18. The van der Waals surface area contributed by atoms with Crippen LogP contribution in [0.5, 0.6) is 0 Å². The topological polar surface area (TPSA) is 3.24 Å². The van der Waals surface area contributed by atoms with Gasteiger partial charge in [0.25, 0.3) is 0 Å². The minimum atomic E-state index is 0.852. The summed E-state index contributed by atoms with van der Waals surface area (Å²) in [6, 6.07) is 0. The van der Waals surface area contributed by atoms with E-state index in [4.69, 9.17) is 0 Å². The van der Waals surface area contributed by atoms with Crippen molar-refractivity contribution >= 4 is 11.8 Å². The summed E-state index contributed by atoms with van der Waals surface area (Å²) in [4.78, 5) is 2.43. The Labute approximate surface area is 68.2 Å². The molecule has 0 aromatic heterocycles. The molecule has 0 N–H and O–H groups in total. The van der Waals surface area contributed by atoms with Crippen molar-refractivity contribution < 1.29 is 0 Å². The third-order valence-corrected chi connectivity index (χ3v) is 3.59. The second-order valence-electron chi connectivity index (χ2n) is 3.25. The molecule has 0 bridgehead atoms. The maximum absolute atomic E-state index is 2.43. The molecule has 1 rings (SSSR count). The van der Waals surface area contributed by atoms with E-state index in [1.54, 1.807) is 0 Å². The number of thioether (sulfide) groups is 1. The van der Waals surface area contributed by atoms with Crippen molar-refractivity contribution in [2.45, 2.75) is 18.6 Å². The second kappa shape index (κ2) is 3.63. The van der Waals surface area contributed by atoms with Crippen LogP contribution in [-0.2, 0) is 0 Å². The summed E-state index contributed by atoms with van der Waals surface area (Å²) in [5.41, 5.74) is 0. The molecule has 0 aromatic rings. The zero-order valence-corrected chi connectivity index (χ0v) is 7.95. The predicted molar refractivity (Wildman–Crippen MR) is 48.6 cm³/mol. The molecule has 0 aliphatic carbocycles. The van der Waals surface area contributed by atoms with Crippen molar-refractivity contribution in [1.82, 2.24) is 4.90 Å². The molecule has 1 fully saturated rings. The van der Waals surface area contributed by atoms with Crippen LogP contribution in [0.1, 0.15) is 13.3 Å². The Morgan fingerprint density at radius 2 is 2.30 bits per heavy atom. The van der Waals surface area contributed by atoms with Gasteiger partial charge in [-0.2, -0.15) is 11.8 Å². The summed E-state index contributed by atoms with van der Waals surface area (Å²) >= 11 is 2.00. The summed E-state index contributed by atoms with van der Waals surface area (Å²) in [5, 5.41) is 0.852. The molecule has 1 nitrogen and oxygen atoms in total. The van der Waals surface area contributed by atoms with Crippen LogP contribution in [0.25, 0.3) is 0 Å². The Kier molecular flexibility index (Phi) is 3.05. The minimum absolute atomic E-state index is 0.852. The van der Waals surface area contributed by atoms with E-state index in [9.17, 15) is 0 Å². The Hall–Kier alpha value is 0.310. The number of hydrogen-bond acceptors (Lipinski definition) is 2.